The molecule has 1 aromatic rings. The van der Waals surface area contributed by atoms with E-state index >= 15 is 0 Å². The van der Waals surface area contributed by atoms with Gasteiger partial charge in [-0.2, -0.15) is 0 Å². The van der Waals surface area contributed by atoms with Crippen LogP contribution in [0.1, 0.15) is 26.3 Å². The molecule has 1 aromatic carbocycles. The molecule has 0 aromatic heterocycles. The number of rotatable bonds is 0. The maximum atomic E-state index is 2.25. The van der Waals surface area contributed by atoms with Gasteiger partial charge in [0.15, 0.2) is 0 Å². The van der Waals surface area contributed by atoms with E-state index in [4.69, 9.17) is 0 Å². The molecule has 0 spiro atoms. The van der Waals surface area contributed by atoms with E-state index in [-0.39, 0.29) is 0 Å². The molecule has 0 fully saturated rings. The normalized spacial score (nSPS) is 11.9. The standard InChI is InChI=1S/C10H16Si/c1-10(2,3)8-4-6-9(11)7-5-8/h4-7H,1-3,11H3. The lowest BCUT2D eigenvalue weighted by Gasteiger charge is -2.18. The number of hydrogen-bond donors (Lipinski definition) is 0. The summed E-state index contributed by atoms with van der Waals surface area (Å²) >= 11 is 0. The molecular weight excluding hydrogens is 148 g/mol. The molecule has 11 heavy (non-hydrogen) atoms. The Morgan fingerprint density at radius 1 is 1.00 bits per heavy atom. The maximum Gasteiger partial charge on any atom is 0.0384 e. The van der Waals surface area contributed by atoms with Gasteiger partial charge in [0, 0.05) is 10.2 Å². The van der Waals surface area contributed by atoms with E-state index in [9.17, 15) is 0 Å². The molecule has 0 saturated carbocycles. The molecule has 0 nitrogen and oxygen atoms in total. The zero-order valence-corrected chi connectivity index (χ0v) is 9.81. The molecule has 0 radical (unpaired) electrons. The van der Waals surface area contributed by atoms with Gasteiger partial charge in [-0.25, -0.2) is 0 Å². The lowest BCUT2D eigenvalue weighted by atomic mass is 9.87. The Balaban J connectivity index is 2.99. The second-order valence-electron chi connectivity index (χ2n) is 4.12. The summed E-state index contributed by atoms with van der Waals surface area (Å²) in [6.07, 6.45) is 0. The Bertz CT molecular complexity index is 228. The minimum Gasteiger partial charge on any atom is -0.0707 e. The van der Waals surface area contributed by atoms with E-state index in [1.807, 2.05) is 0 Å². The predicted octanol–water partition coefficient (Wildman–Crippen LogP) is 0.975. The first-order chi connectivity index (χ1) is 5.00. The maximum absolute atomic E-state index is 2.25. The molecule has 0 aliphatic carbocycles. The van der Waals surface area contributed by atoms with Crippen LogP contribution in [-0.2, 0) is 5.41 Å². The highest BCUT2D eigenvalue weighted by atomic mass is 28.1. The molecule has 0 atom stereocenters. The van der Waals surface area contributed by atoms with Crippen molar-refractivity contribution in [2.45, 2.75) is 26.2 Å². The fourth-order valence-electron chi connectivity index (χ4n) is 1.05. The quantitative estimate of drug-likeness (QED) is 0.501. The van der Waals surface area contributed by atoms with Crippen molar-refractivity contribution in [3.63, 3.8) is 0 Å². The zero-order valence-electron chi connectivity index (χ0n) is 7.81. The minimum absolute atomic E-state index is 0.301. The van der Waals surface area contributed by atoms with Crippen molar-refractivity contribution in [2.75, 3.05) is 0 Å². The van der Waals surface area contributed by atoms with Crippen molar-refractivity contribution in [1.29, 1.82) is 0 Å². The van der Waals surface area contributed by atoms with E-state index in [2.05, 4.69) is 45.0 Å². The molecule has 0 N–H and O–H groups in total. The van der Waals surface area contributed by atoms with Gasteiger partial charge in [0.05, 0.1) is 0 Å². The zero-order chi connectivity index (χ0) is 8.48. The lowest BCUT2D eigenvalue weighted by molar-refractivity contribution is 0.590. The summed E-state index contributed by atoms with van der Waals surface area (Å²) in [4.78, 5) is 0. The predicted molar refractivity (Wildman–Crippen MR) is 54.7 cm³/mol. The first-order valence-electron chi connectivity index (χ1n) is 4.07. The Morgan fingerprint density at radius 2 is 1.45 bits per heavy atom. The van der Waals surface area contributed by atoms with E-state index < -0.39 is 0 Å². The first kappa shape index (κ1) is 8.53. The Labute approximate surface area is 72.1 Å². The molecule has 0 heterocycles. The van der Waals surface area contributed by atoms with Crippen molar-refractivity contribution in [3.05, 3.63) is 29.8 Å². The Hall–Kier alpha value is -0.563. The molecule has 0 unspecified atom stereocenters. The summed E-state index contributed by atoms with van der Waals surface area (Å²) in [7, 11) is 1.16. The molecule has 1 rings (SSSR count). The van der Waals surface area contributed by atoms with Crippen molar-refractivity contribution in [3.8, 4) is 0 Å². The summed E-state index contributed by atoms with van der Waals surface area (Å²) in [5, 5.41) is 1.47. The van der Waals surface area contributed by atoms with Gasteiger partial charge in [-0.1, -0.05) is 50.2 Å². The highest BCUT2D eigenvalue weighted by Crippen LogP contribution is 2.20. The molecule has 0 aliphatic rings. The molecule has 60 valence electrons. The van der Waals surface area contributed by atoms with Crippen LogP contribution in [0, 0.1) is 0 Å². The third kappa shape index (κ3) is 2.19. The van der Waals surface area contributed by atoms with Crippen LogP contribution >= 0.6 is 0 Å². The van der Waals surface area contributed by atoms with Gasteiger partial charge >= 0.3 is 0 Å². The van der Waals surface area contributed by atoms with Gasteiger partial charge in [-0.3, -0.25) is 0 Å². The fourth-order valence-corrected chi connectivity index (χ4v) is 1.39. The summed E-state index contributed by atoms with van der Waals surface area (Å²) in [5.74, 6) is 0. The number of hydrogen-bond acceptors (Lipinski definition) is 0. The third-order valence-electron chi connectivity index (χ3n) is 1.92. The van der Waals surface area contributed by atoms with Crippen LogP contribution in [0.5, 0.6) is 0 Å². The minimum atomic E-state index is 0.301. The van der Waals surface area contributed by atoms with Crippen LogP contribution in [0.4, 0.5) is 0 Å². The summed E-state index contributed by atoms with van der Waals surface area (Å²) in [5.41, 5.74) is 1.73. The Morgan fingerprint density at radius 3 is 1.82 bits per heavy atom. The van der Waals surface area contributed by atoms with E-state index in [1.54, 1.807) is 0 Å². The van der Waals surface area contributed by atoms with Crippen molar-refractivity contribution in [1.82, 2.24) is 0 Å². The molecule has 0 aliphatic heterocycles. The van der Waals surface area contributed by atoms with E-state index in [1.165, 1.54) is 10.8 Å². The van der Waals surface area contributed by atoms with Crippen molar-refractivity contribution in [2.24, 2.45) is 0 Å². The molecule has 0 saturated heterocycles. The molecular formula is C10H16Si. The largest absolute Gasteiger partial charge is 0.0707 e. The van der Waals surface area contributed by atoms with Crippen molar-refractivity contribution >= 4 is 15.4 Å². The molecule has 1 heteroatoms. The molecule has 0 amide bonds. The van der Waals surface area contributed by atoms with Crippen LogP contribution in [0.3, 0.4) is 0 Å². The summed E-state index contributed by atoms with van der Waals surface area (Å²) < 4.78 is 0. The molecule has 0 bridgehead atoms. The highest BCUT2D eigenvalue weighted by molar-refractivity contribution is 6.32. The summed E-state index contributed by atoms with van der Waals surface area (Å²) in [6, 6.07) is 8.93. The summed E-state index contributed by atoms with van der Waals surface area (Å²) in [6.45, 7) is 6.74. The Kier molecular flexibility index (Phi) is 2.19. The third-order valence-corrected chi connectivity index (χ3v) is 2.58. The van der Waals surface area contributed by atoms with Gasteiger partial charge in [0.2, 0.25) is 0 Å². The van der Waals surface area contributed by atoms with Gasteiger partial charge in [0.25, 0.3) is 0 Å². The van der Waals surface area contributed by atoms with Crippen molar-refractivity contribution < 1.29 is 0 Å². The van der Waals surface area contributed by atoms with E-state index in [0.29, 0.717) is 5.41 Å². The SMILES string of the molecule is CC(C)(C)c1ccc([SiH3])cc1. The average Bonchev–Trinajstić information content (AvgIpc) is 1.86. The lowest BCUT2D eigenvalue weighted by Crippen LogP contribution is -2.12. The average molecular weight is 164 g/mol. The smallest absolute Gasteiger partial charge is 0.0384 e. The van der Waals surface area contributed by atoms with Gasteiger partial charge < -0.3 is 0 Å². The van der Waals surface area contributed by atoms with Gasteiger partial charge in [0.1, 0.15) is 0 Å². The number of benzene rings is 1. The van der Waals surface area contributed by atoms with Gasteiger partial charge in [-0.15, -0.1) is 0 Å². The monoisotopic (exact) mass is 164 g/mol. The second kappa shape index (κ2) is 2.82. The highest BCUT2D eigenvalue weighted by Gasteiger charge is 2.11. The van der Waals surface area contributed by atoms with E-state index in [0.717, 1.165) is 10.2 Å². The topological polar surface area (TPSA) is 0 Å². The van der Waals surface area contributed by atoms with Crippen LogP contribution in [-0.4, -0.2) is 10.2 Å². The van der Waals surface area contributed by atoms with Crippen LogP contribution in [0.25, 0.3) is 0 Å². The van der Waals surface area contributed by atoms with Crippen LogP contribution in [0.15, 0.2) is 24.3 Å². The first-order valence-corrected chi connectivity index (χ1v) is 5.07. The fraction of sp³-hybridized carbons (Fsp3) is 0.400. The second-order valence-corrected chi connectivity index (χ2v) is 5.27. The van der Waals surface area contributed by atoms with Gasteiger partial charge in [-0.05, 0) is 11.0 Å². The van der Waals surface area contributed by atoms with Crippen LogP contribution in [0.2, 0.25) is 0 Å². The van der Waals surface area contributed by atoms with Crippen LogP contribution < -0.4 is 5.19 Å².